The second-order valence-electron chi connectivity index (χ2n) is 7.16. The van der Waals surface area contributed by atoms with Crippen LogP contribution in [0, 0.1) is 6.92 Å². The number of phenols is 1. The van der Waals surface area contributed by atoms with Crippen LogP contribution in [0.4, 0.5) is 0 Å². The minimum absolute atomic E-state index is 0.167. The fraction of sp³-hybridized carbons (Fsp3) is 0.300. The average molecular weight is 433 g/mol. The molecular formula is C20H24N4O5S. The minimum Gasteiger partial charge on any atom is -0.870 e. The lowest BCUT2D eigenvalue weighted by atomic mass is 10.2. The van der Waals surface area contributed by atoms with Crippen LogP contribution < -0.4 is 15.4 Å². The number of hydrogen-bond donors (Lipinski definition) is 3. The van der Waals surface area contributed by atoms with Gasteiger partial charge >= 0.3 is 0 Å². The standard InChI is InChI=1S/C20H24N4O5S/c1-15-2-5-17(6-3-15)30(28,29)24-10-8-23(9-11-24)14-20(27)22-21-13-16-4-7-18(25)19(26)12-16/h2-7,12-13,25-26H,8-11,14H2,1H3,(H,22,27)/b21-13+. The lowest BCUT2D eigenvalue weighted by Crippen LogP contribution is -3.15. The third-order valence-electron chi connectivity index (χ3n) is 4.88. The number of benzene rings is 2. The highest BCUT2D eigenvalue weighted by Gasteiger charge is 2.31. The molecule has 30 heavy (non-hydrogen) atoms. The van der Waals surface area contributed by atoms with Gasteiger partial charge in [0.15, 0.2) is 6.54 Å². The van der Waals surface area contributed by atoms with Gasteiger partial charge in [-0.1, -0.05) is 35.6 Å². The summed E-state index contributed by atoms with van der Waals surface area (Å²) in [5.41, 5.74) is 3.88. The van der Waals surface area contributed by atoms with Crippen LogP contribution in [0.15, 0.2) is 52.5 Å². The van der Waals surface area contributed by atoms with Gasteiger partial charge in [-0.3, -0.25) is 4.79 Å². The van der Waals surface area contributed by atoms with Crippen molar-refractivity contribution in [2.24, 2.45) is 5.10 Å². The number of carbonyl (C=O) groups excluding carboxylic acids is 1. The molecule has 0 radical (unpaired) electrons. The number of aromatic hydroxyl groups is 1. The molecule has 0 unspecified atom stereocenters. The number of nitrogens with zero attached hydrogens (tertiary/aromatic N) is 2. The van der Waals surface area contributed by atoms with Gasteiger partial charge in [-0.15, -0.1) is 0 Å². The molecule has 2 aromatic rings. The summed E-state index contributed by atoms with van der Waals surface area (Å²) in [6, 6.07) is 10.7. The maximum Gasteiger partial charge on any atom is 0.295 e. The predicted octanol–water partition coefficient (Wildman–Crippen LogP) is -1.19. The second kappa shape index (κ2) is 9.24. The molecule has 10 heteroatoms. The number of sulfonamides is 1. The summed E-state index contributed by atoms with van der Waals surface area (Å²) in [6.45, 7) is 3.77. The monoisotopic (exact) mass is 432 g/mol. The van der Waals surface area contributed by atoms with E-state index >= 15 is 0 Å². The molecule has 3 rings (SSSR count). The van der Waals surface area contributed by atoms with Crippen molar-refractivity contribution in [2.75, 3.05) is 32.7 Å². The molecule has 1 aliphatic heterocycles. The Balaban J connectivity index is 1.48. The van der Waals surface area contributed by atoms with Crippen LogP contribution >= 0.6 is 0 Å². The second-order valence-corrected chi connectivity index (χ2v) is 9.10. The first kappa shape index (κ1) is 21.8. The molecule has 9 nitrogen and oxygen atoms in total. The third-order valence-corrected chi connectivity index (χ3v) is 6.80. The van der Waals surface area contributed by atoms with E-state index < -0.39 is 15.8 Å². The van der Waals surface area contributed by atoms with Crippen molar-refractivity contribution in [3.05, 3.63) is 53.6 Å². The molecule has 1 fully saturated rings. The summed E-state index contributed by atoms with van der Waals surface area (Å²) in [7, 11) is -3.53. The maximum atomic E-state index is 12.7. The Bertz CT molecular complexity index is 1030. The lowest BCUT2D eigenvalue weighted by molar-refractivity contribution is -0.895. The summed E-state index contributed by atoms with van der Waals surface area (Å²) >= 11 is 0. The summed E-state index contributed by atoms with van der Waals surface area (Å²) in [4.78, 5) is 13.3. The van der Waals surface area contributed by atoms with Crippen LogP contribution in [-0.2, 0) is 14.8 Å². The number of carbonyl (C=O) groups is 1. The van der Waals surface area contributed by atoms with Crippen LogP contribution in [0.5, 0.6) is 11.5 Å². The number of aryl methyl sites for hydroxylation is 1. The van der Waals surface area contributed by atoms with Crippen LogP contribution in [0.25, 0.3) is 0 Å². The van der Waals surface area contributed by atoms with Crippen molar-refractivity contribution >= 4 is 22.1 Å². The first-order chi connectivity index (χ1) is 14.3. The van der Waals surface area contributed by atoms with E-state index in [1.165, 1.54) is 28.7 Å². The normalized spacial score (nSPS) is 16.0. The summed E-state index contributed by atoms with van der Waals surface area (Å²) in [5, 5.41) is 24.3. The summed E-state index contributed by atoms with van der Waals surface area (Å²) in [5.74, 6) is -1.17. The first-order valence-electron chi connectivity index (χ1n) is 9.48. The minimum atomic E-state index is -3.53. The van der Waals surface area contributed by atoms with Crippen LogP contribution in [0.2, 0.25) is 0 Å². The largest absolute Gasteiger partial charge is 0.870 e. The molecule has 0 aromatic heterocycles. The molecule has 1 heterocycles. The highest BCUT2D eigenvalue weighted by molar-refractivity contribution is 7.89. The molecule has 1 aliphatic rings. The Morgan fingerprint density at radius 1 is 1.23 bits per heavy atom. The topological polar surface area (TPSA) is 127 Å². The van der Waals surface area contributed by atoms with E-state index in [2.05, 4.69) is 10.5 Å². The lowest BCUT2D eigenvalue weighted by Gasteiger charge is -2.31. The third kappa shape index (κ3) is 5.35. The van der Waals surface area contributed by atoms with Gasteiger partial charge in [0, 0.05) is 0 Å². The number of rotatable bonds is 6. The molecule has 0 aliphatic carbocycles. The van der Waals surface area contributed by atoms with E-state index in [-0.39, 0.29) is 23.1 Å². The zero-order valence-corrected chi connectivity index (χ0v) is 17.4. The van der Waals surface area contributed by atoms with Gasteiger partial charge in [0.25, 0.3) is 5.91 Å². The van der Waals surface area contributed by atoms with Crippen LogP contribution in [0.1, 0.15) is 11.1 Å². The van der Waals surface area contributed by atoms with E-state index in [0.717, 1.165) is 10.5 Å². The molecular weight excluding hydrogens is 408 g/mol. The van der Waals surface area contributed by atoms with E-state index in [0.29, 0.717) is 31.7 Å². The van der Waals surface area contributed by atoms with Gasteiger partial charge in [0.05, 0.1) is 37.3 Å². The Labute approximate surface area is 175 Å². The molecule has 0 saturated carbocycles. The summed E-state index contributed by atoms with van der Waals surface area (Å²) < 4.78 is 26.9. The predicted molar refractivity (Wildman–Crippen MR) is 109 cm³/mol. The van der Waals surface area contributed by atoms with Crippen molar-refractivity contribution in [1.82, 2.24) is 9.73 Å². The van der Waals surface area contributed by atoms with E-state index in [4.69, 9.17) is 0 Å². The maximum absolute atomic E-state index is 12.7. The molecule has 0 bridgehead atoms. The van der Waals surface area contributed by atoms with Gasteiger partial charge in [-0.25, -0.2) is 13.8 Å². The van der Waals surface area contributed by atoms with E-state index in [9.17, 15) is 23.4 Å². The SMILES string of the molecule is Cc1ccc(S(=O)(=O)N2CC[NH+](CC(=O)N/N=C/c3ccc([O-])c(O)c3)CC2)cc1. The van der Waals surface area contributed by atoms with E-state index in [1.54, 1.807) is 24.3 Å². The van der Waals surface area contributed by atoms with Gasteiger partial charge in [-0.2, -0.15) is 9.41 Å². The van der Waals surface area contributed by atoms with Gasteiger partial charge in [-0.05, 0) is 30.7 Å². The van der Waals surface area contributed by atoms with Gasteiger partial charge < -0.3 is 15.1 Å². The van der Waals surface area contributed by atoms with Gasteiger partial charge in [0.2, 0.25) is 10.0 Å². The molecule has 1 saturated heterocycles. The molecule has 3 N–H and O–H groups in total. The Morgan fingerprint density at radius 2 is 1.90 bits per heavy atom. The van der Waals surface area contributed by atoms with Crippen molar-refractivity contribution in [2.45, 2.75) is 11.8 Å². The molecule has 2 aromatic carbocycles. The van der Waals surface area contributed by atoms with Crippen LogP contribution in [-0.4, -0.2) is 62.7 Å². The summed E-state index contributed by atoms with van der Waals surface area (Å²) in [6.07, 6.45) is 1.33. The molecule has 0 spiro atoms. The smallest absolute Gasteiger partial charge is 0.295 e. The number of amides is 1. The number of quaternary nitrogens is 1. The quantitative estimate of drug-likeness (QED) is 0.391. The highest BCUT2D eigenvalue weighted by atomic mass is 32.2. The Kier molecular flexibility index (Phi) is 6.70. The average Bonchev–Trinajstić information content (AvgIpc) is 2.71. The fourth-order valence-electron chi connectivity index (χ4n) is 3.14. The first-order valence-corrected chi connectivity index (χ1v) is 10.9. The molecule has 0 atom stereocenters. The van der Waals surface area contributed by atoms with Gasteiger partial charge in [0.1, 0.15) is 5.75 Å². The highest BCUT2D eigenvalue weighted by Crippen LogP contribution is 2.21. The number of piperazine rings is 1. The molecule has 160 valence electrons. The Morgan fingerprint density at radius 3 is 2.53 bits per heavy atom. The number of hydrazone groups is 1. The zero-order chi connectivity index (χ0) is 21.7. The fourth-order valence-corrected chi connectivity index (χ4v) is 4.58. The Hall–Kier alpha value is -2.95. The van der Waals surface area contributed by atoms with Crippen molar-refractivity contribution < 1.29 is 28.3 Å². The number of hydrogen-bond acceptors (Lipinski definition) is 6. The van der Waals surface area contributed by atoms with Crippen molar-refractivity contribution in [1.29, 1.82) is 0 Å². The molecule has 1 amide bonds. The zero-order valence-electron chi connectivity index (χ0n) is 16.5. The van der Waals surface area contributed by atoms with Crippen molar-refractivity contribution in [3.8, 4) is 11.5 Å². The van der Waals surface area contributed by atoms with E-state index in [1.807, 2.05) is 6.92 Å². The number of phenolic OH excluding ortho intramolecular Hbond substituents is 1. The van der Waals surface area contributed by atoms with Crippen LogP contribution in [0.3, 0.4) is 0 Å². The van der Waals surface area contributed by atoms with Crippen molar-refractivity contribution in [3.63, 3.8) is 0 Å². The number of nitrogens with one attached hydrogen (secondary N) is 2.